The molecule has 0 fully saturated rings. The largest absolute Gasteiger partial charge is 1.00 e. The van der Waals surface area contributed by atoms with Gasteiger partial charge in [-0.15, -0.1) is 12.8 Å². The molecule has 0 radical (unpaired) electrons. The van der Waals surface area contributed by atoms with Crippen molar-refractivity contribution in [1.29, 1.82) is 0 Å². The summed E-state index contributed by atoms with van der Waals surface area (Å²) in [4.78, 5) is 0. The third-order valence-corrected chi connectivity index (χ3v) is 3.17. The van der Waals surface area contributed by atoms with Gasteiger partial charge in [0, 0.05) is 0 Å². The van der Waals surface area contributed by atoms with Crippen LogP contribution in [0.2, 0.25) is 13.1 Å². The Morgan fingerprint density at radius 1 is 0.875 bits per heavy atom. The van der Waals surface area contributed by atoms with E-state index in [0.29, 0.717) is 0 Å². The van der Waals surface area contributed by atoms with Gasteiger partial charge in [0.05, 0.1) is 0 Å². The van der Waals surface area contributed by atoms with Gasteiger partial charge < -0.3 is 24.8 Å². The predicted octanol–water partition coefficient (Wildman–Crippen LogP) is 0.524. The van der Waals surface area contributed by atoms with Gasteiger partial charge in [-0.1, -0.05) is 40.5 Å². The second-order valence-corrected chi connectivity index (χ2v) is 15.6. The van der Waals surface area contributed by atoms with Gasteiger partial charge in [-0.05, 0) is 12.8 Å². The summed E-state index contributed by atoms with van der Waals surface area (Å²) in [5, 5.41) is 0. The zero-order valence-corrected chi connectivity index (χ0v) is 21.1. The van der Waals surface area contributed by atoms with Crippen molar-refractivity contribution in [3.63, 3.8) is 0 Å². The molecular weight excluding hydrogens is 430 g/mol. The van der Waals surface area contributed by atoms with Crippen LogP contribution < -0.4 is 24.8 Å². The molecule has 4 heteroatoms. The SMILES string of the molecule is CCCC1=CC(C)=[C-]C1.CCCC1=CC(C)=[C-]C1.C[Si](C)=[Zr+2].[Cl-].[Cl-]. The topological polar surface area (TPSA) is 0 Å². The number of halogens is 2. The third-order valence-electron chi connectivity index (χ3n) is 3.17. The molecule has 0 aromatic carbocycles. The van der Waals surface area contributed by atoms with Crippen LogP contribution in [0.1, 0.15) is 66.2 Å². The van der Waals surface area contributed by atoms with Crippen LogP contribution in [0.15, 0.2) is 34.4 Å². The molecular formula is C20H32Cl2SiZr-2. The average Bonchev–Trinajstić information content (AvgIpc) is 3.00. The van der Waals surface area contributed by atoms with E-state index in [9.17, 15) is 0 Å². The van der Waals surface area contributed by atoms with Crippen LogP contribution in [-0.4, -0.2) is 5.43 Å². The molecule has 0 saturated carbocycles. The first-order chi connectivity index (χ1) is 10.4. The van der Waals surface area contributed by atoms with Crippen molar-refractivity contribution in [2.45, 2.75) is 79.3 Å². The van der Waals surface area contributed by atoms with Gasteiger partial charge in [-0.25, -0.2) is 23.3 Å². The van der Waals surface area contributed by atoms with Gasteiger partial charge in [0.25, 0.3) is 0 Å². The Balaban J connectivity index is -0.000000283. The summed E-state index contributed by atoms with van der Waals surface area (Å²) in [6.07, 6.45) is 18.3. The molecule has 0 atom stereocenters. The van der Waals surface area contributed by atoms with Gasteiger partial charge in [0.15, 0.2) is 0 Å². The Labute approximate surface area is 178 Å². The Hall–Kier alpha value is 0.640. The molecule has 0 heterocycles. The molecule has 0 saturated heterocycles. The fourth-order valence-electron chi connectivity index (χ4n) is 2.29. The summed E-state index contributed by atoms with van der Waals surface area (Å²) in [6.45, 7) is 13.3. The van der Waals surface area contributed by atoms with Crippen molar-refractivity contribution >= 4 is 5.43 Å². The molecule has 0 unspecified atom stereocenters. The summed E-state index contributed by atoms with van der Waals surface area (Å²) >= 11 is 1.74. The summed E-state index contributed by atoms with van der Waals surface area (Å²) in [6, 6.07) is 0. The molecule has 2 aliphatic carbocycles. The van der Waals surface area contributed by atoms with Gasteiger partial charge >= 0.3 is 41.9 Å². The van der Waals surface area contributed by atoms with Crippen LogP contribution in [0.25, 0.3) is 0 Å². The summed E-state index contributed by atoms with van der Waals surface area (Å²) < 4.78 is 0. The van der Waals surface area contributed by atoms with Crippen LogP contribution in [0, 0.1) is 12.2 Å². The monoisotopic (exact) mass is 460 g/mol. The molecule has 24 heavy (non-hydrogen) atoms. The van der Waals surface area contributed by atoms with E-state index in [-0.39, 0.29) is 30.2 Å². The molecule has 0 bridgehead atoms. The fourth-order valence-corrected chi connectivity index (χ4v) is 2.29. The van der Waals surface area contributed by atoms with Crippen LogP contribution in [0.5, 0.6) is 0 Å². The maximum atomic E-state index is 3.28. The van der Waals surface area contributed by atoms with E-state index in [1.807, 2.05) is 0 Å². The van der Waals surface area contributed by atoms with Gasteiger partial charge in [0.1, 0.15) is 0 Å². The molecule has 136 valence electrons. The minimum absolute atomic E-state index is 0. The Bertz CT molecular complexity index is 432. The van der Waals surface area contributed by atoms with E-state index in [1.54, 1.807) is 34.5 Å². The Morgan fingerprint density at radius 2 is 1.17 bits per heavy atom. The number of allylic oxidation sites excluding steroid dienone is 8. The first-order valence-corrected chi connectivity index (χ1v) is 14.6. The zero-order chi connectivity index (χ0) is 17.0. The van der Waals surface area contributed by atoms with Crippen molar-refractivity contribution in [3.05, 3.63) is 46.6 Å². The van der Waals surface area contributed by atoms with Crippen LogP contribution in [0.3, 0.4) is 0 Å². The maximum absolute atomic E-state index is 3.28. The van der Waals surface area contributed by atoms with Gasteiger partial charge in [-0.2, -0.15) is 11.1 Å². The van der Waals surface area contributed by atoms with Crippen molar-refractivity contribution in [1.82, 2.24) is 0 Å². The van der Waals surface area contributed by atoms with Gasteiger partial charge in [0.2, 0.25) is 0 Å². The number of rotatable bonds is 4. The smallest absolute Gasteiger partial charge is 1.00 e. The van der Waals surface area contributed by atoms with Crippen molar-refractivity contribution in [3.8, 4) is 0 Å². The summed E-state index contributed by atoms with van der Waals surface area (Å²) in [5.41, 5.74) is 5.95. The average molecular weight is 463 g/mol. The molecule has 0 aliphatic heterocycles. The molecule has 0 aromatic rings. The van der Waals surface area contributed by atoms with Crippen molar-refractivity contribution in [2.24, 2.45) is 0 Å². The van der Waals surface area contributed by atoms with Gasteiger partial charge in [-0.3, -0.25) is 12.2 Å². The summed E-state index contributed by atoms with van der Waals surface area (Å²) in [5.74, 6) is 0. The Kier molecular flexibility index (Phi) is 22.6. The second-order valence-electron chi connectivity index (χ2n) is 6.18. The second kappa shape index (κ2) is 18.4. The molecule has 0 spiro atoms. The Morgan fingerprint density at radius 3 is 1.33 bits per heavy atom. The predicted molar refractivity (Wildman–Crippen MR) is 97.6 cm³/mol. The maximum Gasteiger partial charge on any atom is -1.00 e. The minimum Gasteiger partial charge on any atom is -1.00 e. The molecule has 0 nitrogen and oxygen atoms in total. The first-order valence-electron chi connectivity index (χ1n) is 8.44. The quantitative estimate of drug-likeness (QED) is 0.422. The van der Waals surface area contributed by atoms with E-state index >= 15 is 0 Å². The van der Waals surface area contributed by atoms with E-state index in [1.165, 1.54) is 36.8 Å². The zero-order valence-electron chi connectivity index (χ0n) is 16.2. The molecule has 2 rings (SSSR count). The van der Waals surface area contributed by atoms with Crippen LogP contribution in [0.4, 0.5) is 0 Å². The normalized spacial score (nSPS) is 14.3. The van der Waals surface area contributed by atoms with E-state index in [4.69, 9.17) is 0 Å². The number of hydrogen-bond donors (Lipinski definition) is 0. The summed E-state index contributed by atoms with van der Waals surface area (Å²) in [7, 11) is 0. The first kappa shape index (κ1) is 29.4. The van der Waals surface area contributed by atoms with E-state index in [0.717, 1.165) is 12.8 Å². The molecule has 2 aliphatic rings. The van der Waals surface area contributed by atoms with Crippen molar-refractivity contribution < 1.29 is 48.1 Å². The molecule has 0 N–H and O–H groups in total. The van der Waals surface area contributed by atoms with Crippen LogP contribution in [-0.2, 0) is 23.3 Å². The minimum atomic E-state index is 0. The van der Waals surface area contributed by atoms with E-state index in [2.05, 4.69) is 65.1 Å². The fraction of sp³-hybridized carbons (Fsp3) is 0.600. The van der Waals surface area contributed by atoms with Crippen molar-refractivity contribution in [2.75, 3.05) is 0 Å². The van der Waals surface area contributed by atoms with Crippen LogP contribution >= 0.6 is 0 Å². The van der Waals surface area contributed by atoms with E-state index < -0.39 is 0 Å². The number of hydrogen-bond acceptors (Lipinski definition) is 0. The molecule has 0 amide bonds. The molecule has 0 aromatic heterocycles. The standard InChI is InChI=1S/2C9H13.C2H6Si.2ClH.Zr/c2*1-3-4-9-6-5-8(2)7-9;1-3-2;;;/h2*7H,3-4,6H2,1-2H3;1-2H3;2*1H;/q2*-1;;;;+2/p-2. The third kappa shape index (κ3) is 17.5.